The van der Waals surface area contributed by atoms with Gasteiger partial charge in [-0.25, -0.2) is 4.98 Å². The van der Waals surface area contributed by atoms with Crippen LogP contribution in [-0.2, 0) is 4.74 Å². The van der Waals surface area contributed by atoms with Crippen molar-refractivity contribution in [3.63, 3.8) is 0 Å². The van der Waals surface area contributed by atoms with Gasteiger partial charge in [0.15, 0.2) is 0 Å². The van der Waals surface area contributed by atoms with E-state index in [9.17, 15) is 0 Å². The van der Waals surface area contributed by atoms with Crippen molar-refractivity contribution in [3.8, 4) is 27.6 Å². The summed E-state index contributed by atoms with van der Waals surface area (Å²) in [6, 6.07) is 9.98. The lowest BCUT2D eigenvalue weighted by atomic mass is 10.1. The number of methoxy groups -OCH3 is 2. The van der Waals surface area contributed by atoms with Crippen molar-refractivity contribution < 1.29 is 9.47 Å². The summed E-state index contributed by atoms with van der Waals surface area (Å²) >= 11 is 8.48. The van der Waals surface area contributed by atoms with Gasteiger partial charge in [-0.2, -0.15) is 0 Å². The molecule has 2 aromatic heterocycles. The molecule has 6 heteroatoms. The van der Waals surface area contributed by atoms with Crippen LogP contribution in [0.25, 0.3) is 21.8 Å². The zero-order chi connectivity index (χ0) is 16.4. The fourth-order valence-corrected chi connectivity index (χ4v) is 4.28. The fraction of sp³-hybridized carbons (Fsp3) is 0.176. The van der Waals surface area contributed by atoms with Gasteiger partial charge in [0, 0.05) is 21.4 Å². The highest BCUT2D eigenvalue weighted by atomic mass is 32.1. The molecule has 23 heavy (non-hydrogen) atoms. The second-order valence-corrected chi connectivity index (χ2v) is 7.32. The van der Waals surface area contributed by atoms with Crippen molar-refractivity contribution in [2.75, 3.05) is 14.2 Å². The molecule has 0 aliphatic carbocycles. The number of hydrogen-bond acceptors (Lipinski definition) is 6. The second-order valence-electron chi connectivity index (χ2n) is 4.84. The molecule has 3 aromatic rings. The van der Waals surface area contributed by atoms with Gasteiger partial charge in [0.1, 0.15) is 10.8 Å². The SMILES string of the molecule is COC(=S)c1cc(-c2nc(-c3ccc(OC)cc3)cs2)c(C)s1. The second kappa shape index (κ2) is 6.78. The number of thiazole rings is 1. The zero-order valence-corrected chi connectivity index (χ0v) is 15.4. The van der Waals surface area contributed by atoms with Crippen LogP contribution in [0, 0.1) is 6.92 Å². The van der Waals surface area contributed by atoms with Gasteiger partial charge in [-0.3, -0.25) is 0 Å². The minimum Gasteiger partial charge on any atom is -0.497 e. The third-order valence-corrected chi connectivity index (χ3v) is 5.87. The van der Waals surface area contributed by atoms with Crippen molar-refractivity contribution in [2.24, 2.45) is 0 Å². The van der Waals surface area contributed by atoms with E-state index in [0.717, 1.165) is 32.5 Å². The minimum atomic E-state index is 0.524. The van der Waals surface area contributed by atoms with Crippen LogP contribution >= 0.6 is 34.9 Å². The van der Waals surface area contributed by atoms with E-state index in [0.29, 0.717) is 5.05 Å². The molecule has 2 heterocycles. The van der Waals surface area contributed by atoms with Gasteiger partial charge in [0.05, 0.1) is 24.8 Å². The van der Waals surface area contributed by atoms with Gasteiger partial charge in [-0.05, 0) is 49.5 Å². The maximum atomic E-state index is 5.21. The standard InChI is InChI=1S/C17H15NO2S3/c1-10-13(8-15(23-10)17(21)20-3)16-18-14(9-22-16)11-4-6-12(19-2)7-5-11/h4-9H,1-3H3. The Morgan fingerprint density at radius 1 is 1.17 bits per heavy atom. The van der Waals surface area contributed by atoms with E-state index in [1.807, 2.05) is 24.3 Å². The summed E-state index contributed by atoms with van der Waals surface area (Å²) in [5, 5.41) is 3.59. The summed E-state index contributed by atoms with van der Waals surface area (Å²) in [5.74, 6) is 0.843. The first-order valence-corrected chi connectivity index (χ1v) is 9.02. The van der Waals surface area contributed by atoms with E-state index in [4.69, 9.17) is 26.7 Å². The van der Waals surface area contributed by atoms with Crippen molar-refractivity contribution >= 4 is 39.9 Å². The van der Waals surface area contributed by atoms with Crippen LogP contribution < -0.4 is 4.74 Å². The molecule has 0 aliphatic rings. The normalized spacial score (nSPS) is 10.6. The Morgan fingerprint density at radius 2 is 1.91 bits per heavy atom. The first kappa shape index (κ1) is 16.1. The molecule has 3 rings (SSSR count). The summed E-state index contributed by atoms with van der Waals surface area (Å²) in [6.07, 6.45) is 0. The zero-order valence-electron chi connectivity index (χ0n) is 13.0. The van der Waals surface area contributed by atoms with Gasteiger partial charge < -0.3 is 9.47 Å². The number of hydrogen-bond donors (Lipinski definition) is 0. The largest absolute Gasteiger partial charge is 0.497 e. The van der Waals surface area contributed by atoms with Crippen LogP contribution in [0.1, 0.15) is 9.75 Å². The lowest BCUT2D eigenvalue weighted by Gasteiger charge is -2.00. The van der Waals surface area contributed by atoms with Gasteiger partial charge in [-0.15, -0.1) is 22.7 Å². The molecule has 0 unspecified atom stereocenters. The van der Waals surface area contributed by atoms with E-state index >= 15 is 0 Å². The molecule has 118 valence electrons. The highest BCUT2D eigenvalue weighted by Gasteiger charge is 2.14. The number of thiophene rings is 1. The molecule has 1 aromatic carbocycles. The van der Waals surface area contributed by atoms with Crippen LogP contribution in [0.2, 0.25) is 0 Å². The predicted octanol–water partition coefficient (Wildman–Crippen LogP) is 5.18. The molecule has 0 aliphatic heterocycles. The summed E-state index contributed by atoms with van der Waals surface area (Å²) < 4.78 is 10.3. The molecule has 0 atom stereocenters. The number of thiocarbonyl (C=S) groups is 1. The van der Waals surface area contributed by atoms with Gasteiger partial charge in [-0.1, -0.05) is 0 Å². The van der Waals surface area contributed by atoms with Crippen molar-refractivity contribution in [2.45, 2.75) is 6.92 Å². The van der Waals surface area contributed by atoms with Crippen LogP contribution in [0.3, 0.4) is 0 Å². The highest BCUT2D eigenvalue weighted by molar-refractivity contribution is 7.80. The lowest BCUT2D eigenvalue weighted by molar-refractivity contribution is 0.415. The Kier molecular flexibility index (Phi) is 4.75. The number of rotatable bonds is 4. The van der Waals surface area contributed by atoms with Gasteiger partial charge in [0.2, 0.25) is 5.05 Å². The van der Waals surface area contributed by atoms with Crippen molar-refractivity contribution in [1.82, 2.24) is 4.98 Å². The minimum absolute atomic E-state index is 0.524. The third kappa shape index (κ3) is 3.29. The monoisotopic (exact) mass is 361 g/mol. The Hall–Kier alpha value is -1.76. The predicted molar refractivity (Wildman–Crippen MR) is 101 cm³/mol. The number of aryl methyl sites for hydroxylation is 1. The Labute approximate surface area is 148 Å². The molecule has 0 saturated carbocycles. The highest BCUT2D eigenvalue weighted by Crippen LogP contribution is 2.35. The number of ether oxygens (including phenoxy) is 2. The number of nitrogens with zero attached hydrogens (tertiary/aromatic N) is 1. The molecule has 0 fully saturated rings. The van der Waals surface area contributed by atoms with Gasteiger partial charge in [0.25, 0.3) is 0 Å². The summed E-state index contributed by atoms with van der Waals surface area (Å²) in [5.41, 5.74) is 3.16. The van der Waals surface area contributed by atoms with Crippen LogP contribution in [0.15, 0.2) is 35.7 Å². The Morgan fingerprint density at radius 3 is 2.57 bits per heavy atom. The van der Waals surface area contributed by atoms with E-state index in [2.05, 4.69) is 18.4 Å². The number of aromatic nitrogens is 1. The Bertz CT molecular complexity index is 834. The Balaban J connectivity index is 1.92. The smallest absolute Gasteiger partial charge is 0.201 e. The first-order valence-electron chi connectivity index (χ1n) is 6.91. The van der Waals surface area contributed by atoms with E-state index in [1.165, 1.54) is 4.88 Å². The van der Waals surface area contributed by atoms with Gasteiger partial charge >= 0.3 is 0 Å². The molecule has 0 spiro atoms. The summed E-state index contributed by atoms with van der Waals surface area (Å²) in [4.78, 5) is 6.92. The molecule has 0 amide bonds. The van der Waals surface area contributed by atoms with Crippen LogP contribution in [0.4, 0.5) is 0 Å². The van der Waals surface area contributed by atoms with Crippen molar-refractivity contribution in [1.29, 1.82) is 0 Å². The van der Waals surface area contributed by atoms with E-state index in [1.54, 1.807) is 36.9 Å². The maximum absolute atomic E-state index is 5.21. The molecule has 0 saturated heterocycles. The third-order valence-electron chi connectivity index (χ3n) is 3.42. The molecule has 3 nitrogen and oxygen atoms in total. The molecule has 0 N–H and O–H groups in total. The van der Waals surface area contributed by atoms with Crippen LogP contribution in [-0.4, -0.2) is 24.3 Å². The average Bonchev–Trinajstić information content (AvgIpc) is 3.21. The molecular weight excluding hydrogens is 346 g/mol. The summed E-state index contributed by atoms with van der Waals surface area (Å²) in [7, 11) is 3.26. The van der Waals surface area contributed by atoms with E-state index < -0.39 is 0 Å². The topological polar surface area (TPSA) is 31.4 Å². The van der Waals surface area contributed by atoms with E-state index in [-0.39, 0.29) is 0 Å². The fourth-order valence-electron chi connectivity index (χ4n) is 2.19. The lowest BCUT2D eigenvalue weighted by Crippen LogP contribution is -1.94. The number of benzene rings is 1. The maximum Gasteiger partial charge on any atom is 0.201 e. The summed E-state index contributed by atoms with van der Waals surface area (Å²) in [6.45, 7) is 2.08. The molecule has 0 radical (unpaired) electrons. The molecular formula is C17H15NO2S3. The van der Waals surface area contributed by atoms with Crippen LogP contribution in [0.5, 0.6) is 5.75 Å². The average molecular weight is 362 g/mol. The molecule has 0 bridgehead atoms. The first-order chi connectivity index (χ1) is 11.1. The van der Waals surface area contributed by atoms with Crippen molar-refractivity contribution in [3.05, 3.63) is 45.5 Å². The quantitative estimate of drug-likeness (QED) is 0.599.